The van der Waals surface area contributed by atoms with E-state index in [1.807, 2.05) is 24.4 Å². The van der Waals surface area contributed by atoms with Crippen LogP contribution in [0.3, 0.4) is 0 Å². The highest BCUT2D eigenvalue weighted by Gasteiger charge is 2.06. The number of pyridine rings is 1. The molecule has 0 amide bonds. The molecule has 3 rings (SSSR count). The molecule has 0 saturated heterocycles. The molecule has 2 heterocycles. The summed E-state index contributed by atoms with van der Waals surface area (Å²) in [6, 6.07) is 14.2. The van der Waals surface area contributed by atoms with Crippen molar-refractivity contribution in [1.82, 2.24) is 9.55 Å². The molecule has 0 N–H and O–H groups in total. The van der Waals surface area contributed by atoms with Gasteiger partial charge in [0.1, 0.15) is 11.8 Å². The van der Waals surface area contributed by atoms with E-state index in [4.69, 9.17) is 5.26 Å². The Morgan fingerprint density at radius 1 is 1.26 bits per heavy atom. The zero-order valence-electron chi connectivity index (χ0n) is 10.0. The van der Waals surface area contributed by atoms with E-state index in [-0.39, 0.29) is 0 Å². The minimum atomic E-state index is 0.487. The number of hydrogen-bond donors (Lipinski definition) is 0. The van der Waals surface area contributed by atoms with Crippen molar-refractivity contribution in [3.8, 4) is 6.07 Å². The smallest absolute Gasteiger partial charge is 0.145 e. The summed E-state index contributed by atoms with van der Waals surface area (Å²) in [5, 5.41) is 10.2. The molecule has 0 aliphatic heterocycles. The molecular weight excluding hydrogens is 302 g/mol. The normalized spacial score (nSPS) is 10.5. The Labute approximate surface area is 119 Å². The fraction of sp³-hybridized carbons (Fsp3) is 0.0667. The lowest BCUT2D eigenvalue weighted by atomic mass is 10.2. The third-order valence-corrected chi connectivity index (χ3v) is 3.56. The van der Waals surface area contributed by atoms with E-state index in [0.29, 0.717) is 12.2 Å². The van der Waals surface area contributed by atoms with Crippen LogP contribution in [0.15, 0.2) is 53.3 Å². The summed E-state index contributed by atoms with van der Waals surface area (Å²) in [5.41, 5.74) is 2.57. The number of nitrogens with zero attached hydrogens (tertiary/aromatic N) is 3. The van der Waals surface area contributed by atoms with E-state index in [1.165, 1.54) is 5.39 Å². The van der Waals surface area contributed by atoms with Crippen LogP contribution in [0.25, 0.3) is 10.9 Å². The summed E-state index contributed by atoms with van der Waals surface area (Å²) in [4.78, 5) is 4.09. The summed E-state index contributed by atoms with van der Waals surface area (Å²) in [6.07, 6.45) is 3.68. The maximum Gasteiger partial charge on any atom is 0.145 e. The summed E-state index contributed by atoms with van der Waals surface area (Å²) in [7, 11) is 0. The van der Waals surface area contributed by atoms with Crippen LogP contribution >= 0.6 is 15.9 Å². The van der Waals surface area contributed by atoms with Gasteiger partial charge in [-0.05, 0) is 30.3 Å². The average Bonchev–Trinajstić information content (AvgIpc) is 2.82. The predicted molar refractivity (Wildman–Crippen MR) is 77.7 cm³/mol. The zero-order valence-corrected chi connectivity index (χ0v) is 11.6. The van der Waals surface area contributed by atoms with Crippen LogP contribution in [0.4, 0.5) is 0 Å². The molecule has 1 aromatic carbocycles. The molecule has 0 saturated carbocycles. The Bertz CT molecular complexity index is 783. The van der Waals surface area contributed by atoms with Gasteiger partial charge < -0.3 is 4.57 Å². The highest BCUT2D eigenvalue weighted by atomic mass is 79.9. The lowest BCUT2D eigenvalue weighted by molar-refractivity contribution is 0.828. The van der Waals surface area contributed by atoms with Crippen molar-refractivity contribution in [2.24, 2.45) is 0 Å². The van der Waals surface area contributed by atoms with Crippen LogP contribution in [0.2, 0.25) is 0 Å². The summed E-state index contributed by atoms with van der Waals surface area (Å²) in [5.74, 6) is 0. The van der Waals surface area contributed by atoms with Gasteiger partial charge in [-0.25, -0.2) is 4.98 Å². The molecule has 0 aliphatic rings. The van der Waals surface area contributed by atoms with Gasteiger partial charge in [-0.15, -0.1) is 0 Å². The van der Waals surface area contributed by atoms with E-state index in [2.05, 4.69) is 49.7 Å². The Balaban J connectivity index is 2.04. The lowest BCUT2D eigenvalue weighted by Gasteiger charge is -2.06. The second-order valence-electron chi connectivity index (χ2n) is 4.27. The van der Waals surface area contributed by atoms with Gasteiger partial charge in [0, 0.05) is 33.3 Å². The van der Waals surface area contributed by atoms with Crippen LogP contribution in [0.5, 0.6) is 0 Å². The largest absolute Gasteiger partial charge is 0.343 e. The van der Waals surface area contributed by atoms with Gasteiger partial charge in [-0.2, -0.15) is 5.26 Å². The average molecular weight is 312 g/mol. The maximum atomic E-state index is 9.07. The summed E-state index contributed by atoms with van der Waals surface area (Å²) >= 11 is 3.47. The van der Waals surface area contributed by atoms with Crippen molar-refractivity contribution in [2.45, 2.75) is 6.54 Å². The highest BCUT2D eigenvalue weighted by molar-refractivity contribution is 9.10. The van der Waals surface area contributed by atoms with E-state index in [1.54, 1.807) is 6.20 Å². The van der Waals surface area contributed by atoms with E-state index in [9.17, 15) is 0 Å². The van der Waals surface area contributed by atoms with Crippen molar-refractivity contribution in [3.63, 3.8) is 0 Å². The van der Waals surface area contributed by atoms with Gasteiger partial charge in [-0.3, -0.25) is 0 Å². The van der Waals surface area contributed by atoms with E-state index >= 15 is 0 Å². The molecule has 3 nitrogen and oxygen atoms in total. The van der Waals surface area contributed by atoms with Gasteiger partial charge in [0.15, 0.2) is 0 Å². The summed E-state index contributed by atoms with van der Waals surface area (Å²) in [6.45, 7) is 0.655. The van der Waals surface area contributed by atoms with Crippen molar-refractivity contribution >= 4 is 26.8 Å². The highest BCUT2D eigenvalue weighted by Crippen LogP contribution is 2.22. The van der Waals surface area contributed by atoms with E-state index < -0.39 is 0 Å². The molecule has 0 atom stereocenters. The van der Waals surface area contributed by atoms with Gasteiger partial charge in [0.2, 0.25) is 0 Å². The number of aromatic nitrogens is 2. The number of fused-ring (bicyclic) bond motifs is 1. The van der Waals surface area contributed by atoms with Crippen LogP contribution in [0.1, 0.15) is 11.3 Å². The molecule has 3 aromatic rings. The number of hydrogen-bond acceptors (Lipinski definition) is 2. The second kappa shape index (κ2) is 4.87. The molecule has 19 heavy (non-hydrogen) atoms. The van der Waals surface area contributed by atoms with E-state index in [0.717, 1.165) is 15.6 Å². The quantitative estimate of drug-likeness (QED) is 0.724. The molecule has 0 fully saturated rings. The molecule has 2 aromatic heterocycles. The van der Waals surface area contributed by atoms with Crippen LogP contribution in [0, 0.1) is 11.3 Å². The van der Waals surface area contributed by atoms with Gasteiger partial charge >= 0.3 is 0 Å². The lowest BCUT2D eigenvalue weighted by Crippen LogP contribution is -2.01. The summed E-state index contributed by atoms with van der Waals surface area (Å²) < 4.78 is 3.19. The Hall–Kier alpha value is -2.12. The topological polar surface area (TPSA) is 41.6 Å². The van der Waals surface area contributed by atoms with Gasteiger partial charge in [-0.1, -0.05) is 22.0 Å². The minimum absolute atomic E-state index is 0.487. The number of nitriles is 1. The fourth-order valence-corrected chi connectivity index (χ4v) is 2.54. The first kappa shape index (κ1) is 11.9. The number of benzene rings is 1. The van der Waals surface area contributed by atoms with Crippen molar-refractivity contribution < 1.29 is 0 Å². The Morgan fingerprint density at radius 2 is 2.16 bits per heavy atom. The van der Waals surface area contributed by atoms with Gasteiger partial charge in [0.05, 0.1) is 6.54 Å². The van der Waals surface area contributed by atoms with Crippen molar-refractivity contribution in [1.29, 1.82) is 5.26 Å². The van der Waals surface area contributed by atoms with Crippen LogP contribution < -0.4 is 0 Å². The zero-order chi connectivity index (χ0) is 13.2. The first-order valence-corrected chi connectivity index (χ1v) is 6.65. The fourth-order valence-electron chi connectivity index (χ4n) is 2.16. The van der Waals surface area contributed by atoms with Crippen LogP contribution in [-0.4, -0.2) is 9.55 Å². The van der Waals surface area contributed by atoms with Gasteiger partial charge in [0.25, 0.3) is 0 Å². The Kier molecular flexibility index (Phi) is 3.06. The monoisotopic (exact) mass is 311 g/mol. The van der Waals surface area contributed by atoms with Crippen molar-refractivity contribution in [3.05, 3.63) is 64.5 Å². The minimum Gasteiger partial charge on any atom is -0.343 e. The third kappa shape index (κ3) is 2.25. The first-order chi connectivity index (χ1) is 9.28. The van der Waals surface area contributed by atoms with Crippen molar-refractivity contribution in [2.75, 3.05) is 0 Å². The SMILES string of the molecule is N#Cc1ncccc1Cn1ccc2cc(Br)ccc21. The standard InChI is InChI=1S/C15H10BrN3/c16-13-3-4-15-11(8-13)5-7-19(15)10-12-2-1-6-18-14(12)9-17/h1-8H,10H2. The van der Waals surface area contributed by atoms with Crippen LogP contribution in [-0.2, 0) is 6.54 Å². The second-order valence-corrected chi connectivity index (χ2v) is 5.19. The molecule has 0 unspecified atom stereocenters. The molecule has 0 aliphatic carbocycles. The number of rotatable bonds is 2. The number of halogens is 1. The molecular formula is C15H10BrN3. The molecule has 0 bridgehead atoms. The molecule has 0 radical (unpaired) electrons. The molecule has 0 spiro atoms. The Morgan fingerprint density at radius 3 is 3.00 bits per heavy atom. The molecule has 92 valence electrons. The first-order valence-electron chi connectivity index (χ1n) is 5.86. The predicted octanol–water partition coefficient (Wildman–Crippen LogP) is 3.72. The molecule has 4 heteroatoms. The third-order valence-electron chi connectivity index (χ3n) is 3.07. The maximum absolute atomic E-state index is 9.07.